The summed E-state index contributed by atoms with van der Waals surface area (Å²) in [5.74, 6) is 0.456. The number of carbonyl (C=O) groups is 1. The standard InChI is InChI=1S/C15H22N2O2/c1-16(2)14-5-3-4-13(10-14)15(19)17-8-6-12(11-18)7-9-17/h3-5,10,12,18H,6-9,11H2,1-2H3. The molecule has 2 rings (SSSR count). The molecule has 0 saturated carbocycles. The van der Waals surface area contributed by atoms with Gasteiger partial charge in [-0.25, -0.2) is 0 Å². The highest BCUT2D eigenvalue weighted by atomic mass is 16.3. The Bertz CT molecular complexity index is 438. The minimum atomic E-state index is 0.0973. The summed E-state index contributed by atoms with van der Waals surface area (Å²) in [6.07, 6.45) is 1.80. The molecule has 1 N–H and O–H groups in total. The number of benzene rings is 1. The number of nitrogens with zero attached hydrogens (tertiary/aromatic N) is 2. The third-order valence-electron chi connectivity index (χ3n) is 3.77. The monoisotopic (exact) mass is 262 g/mol. The van der Waals surface area contributed by atoms with E-state index in [9.17, 15) is 4.79 Å². The van der Waals surface area contributed by atoms with Crippen LogP contribution in [0.15, 0.2) is 24.3 Å². The molecule has 4 heteroatoms. The molecule has 0 aromatic heterocycles. The van der Waals surface area contributed by atoms with Gasteiger partial charge in [-0.2, -0.15) is 0 Å². The van der Waals surface area contributed by atoms with E-state index in [1.54, 1.807) is 0 Å². The van der Waals surface area contributed by atoms with Crippen molar-refractivity contribution in [3.8, 4) is 0 Å². The van der Waals surface area contributed by atoms with Crippen molar-refractivity contribution in [3.63, 3.8) is 0 Å². The van der Waals surface area contributed by atoms with Gasteiger partial charge in [-0.1, -0.05) is 6.07 Å². The number of hydrogen-bond acceptors (Lipinski definition) is 3. The molecule has 0 radical (unpaired) electrons. The fraction of sp³-hybridized carbons (Fsp3) is 0.533. The Balaban J connectivity index is 2.06. The van der Waals surface area contributed by atoms with E-state index < -0.39 is 0 Å². The molecule has 1 fully saturated rings. The molecule has 19 heavy (non-hydrogen) atoms. The lowest BCUT2D eigenvalue weighted by Gasteiger charge is -2.31. The number of amides is 1. The molecular weight excluding hydrogens is 240 g/mol. The van der Waals surface area contributed by atoms with E-state index in [1.807, 2.05) is 48.2 Å². The van der Waals surface area contributed by atoms with Gasteiger partial charge in [0.05, 0.1) is 0 Å². The summed E-state index contributed by atoms with van der Waals surface area (Å²) >= 11 is 0. The van der Waals surface area contributed by atoms with Crippen LogP contribution >= 0.6 is 0 Å². The lowest BCUT2D eigenvalue weighted by molar-refractivity contribution is 0.0651. The first-order valence-electron chi connectivity index (χ1n) is 6.79. The minimum Gasteiger partial charge on any atom is -0.396 e. The Morgan fingerprint density at radius 1 is 1.37 bits per heavy atom. The van der Waals surface area contributed by atoms with Gasteiger partial charge in [0.2, 0.25) is 0 Å². The second kappa shape index (κ2) is 6.06. The van der Waals surface area contributed by atoms with Gasteiger partial charge in [0, 0.05) is 45.0 Å². The average molecular weight is 262 g/mol. The minimum absolute atomic E-state index is 0.0973. The molecule has 1 amide bonds. The summed E-state index contributed by atoms with van der Waals surface area (Å²) < 4.78 is 0. The maximum Gasteiger partial charge on any atom is 0.253 e. The molecule has 104 valence electrons. The number of aliphatic hydroxyl groups is 1. The molecule has 0 atom stereocenters. The van der Waals surface area contributed by atoms with Crippen LogP contribution in [0, 0.1) is 5.92 Å². The van der Waals surface area contributed by atoms with Gasteiger partial charge >= 0.3 is 0 Å². The van der Waals surface area contributed by atoms with Gasteiger partial charge < -0.3 is 14.9 Å². The number of likely N-dealkylation sites (tertiary alicyclic amines) is 1. The molecule has 4 nitrogen and oxygen atoms in total. The zero-order valence-electron chi connectivity index (χ0n) is 11.7. The van der Waals surface area contributed by atoms with Gasteiger partial charge in [-0.3, -0.25) is 4.79 Å². The van der Waals surface area contributed by atoms with E-state index in [-0.39, 0.29) is 12.5 Å². The molecule has 0 unspecified atom stereocenters. The smallest absolute Gasteiger partial charge is 0.253 e. The highest BCUT2D eigenvalue weighted by Gasteiger charge is 2.23. The van der Waals surface area contributed by atoms with Crippen molar-refractivity contribution in [2.45, 2.75) is 12.8 Å². The molecule has 0 aliphatic carbocycles. The topological polar surface area (TPSA) is 43.8 Å². The molecular formula is C15H22N2O2. The Hall–Kier alpha value is -1.55. The summed E-state index contributed by atoms with van der Waals surface area (Å²) in [5.41, 5.74) is 1.78. The van der Waals surface area contributed by atoms with E-state index in [0.717, 1.165) is 37.2 Å². The molecule has 1 aliphatic rings. The largest absolute Gasteiger partial charge is 0.396 e. The number of aliphatic hydroxyl groups excluding tert-OH is 1. The van der Waals surface area contributed by atoms with Gasteiger partial charge in [-0.15, -0.1) is 0 Å². The van der Waals surface area contributed by atoms with Crippen LogP contribution < -0.4 is 4.90 Å². The second-order valence-electron chi connectivity index (χ2n) is 5.36. The Morgan fingerprint density at radius 3 is 2.63 bits per heavy atom. The Kier molecular flexibility index (Phi) is 4.43. The van der Waals surface area contributed by atoms with Gasteiger partial charge in [0.15, 0.2) is 0 Å². The van der Waals surface area contributed by atoms with Crippen LogP contribution in [0.3, 0.4) is 0 Å². The predicted molar refractivity (Wildman–Crippen MR) is 76.5 cm³/mol. The van der Waals surface area contributed by atoms with Crippen molar-refractivity contribution >= 4 is 11.6 Å². The summed E-state index contributed by atoms with van der Waals surface area (Å²) in [6.45, 7) is 1.73. The van der Waals surface area contributed by atoms with E-state index in [2.05, 4.69) is 0 Å². The maximum atomic E-state index is 12.4. The highest BCUT2D eigenvalue weighted by Crippen LogP contribution is 2.20. The van der Waals surface area contributed by atoms with Gasteiger partial charge in [0.25, 0.3) is 5.91 Å². The lowest BCUT2D eigenvalue weighted by Crippen LogP contribution is -2.39. The summed E-state index contributed by atoms with van der Waals surface area (Å²) in [4.78, 5) is 16.3. The molecule has 1 saturated heterocycles. The molecule has 1 aliphatic heterocycles. The van der Waals surface area contributed by atoms with Gasteiger partial charge in [-0.05, 0) is 37.0 Å². The van der Waals surface area contributed by atoms with Gasteiger partial charge in [0.1, 0.15) is 0 Å². The fourth-order valence-electron chi connectivity index (χ4n) is 2.42. The van der Waals surface area contributed by atoms with Crippen molar-refractivity contribution < 1.29 is 9.90 Å². The van der Waals surface area contributed by atoms with E-state index in [0.29, 0.717) is 5.92 Å². The van der Waals surface area contributed by atoms with Crippen molar-refractivity contribution in [2.24, 2.45) is 5.92 Å². The maximum absolute atomic E-state index is 12.4. The van der Waals surface area contributed by atoms with Crippen molar-refractivity contribution in [1.29, 1.82) is 0 Å². The SMILES string of the molecule is CN(C)c1cccc(C(=O)N2CCC(CO)CC2)c1. The second-order valence-corrected chi connectivity index (χ2v) is 5.36. The van der Waals surface area contributed by atoms with Crippen LogP contribution in [0.4, 0.5) is 5.69 Å². The van der Waals surface area contributed by atoms with Crippen molar-refractivity contribution in [3.05, 3.63) is 29.8 Å². The first kappa shape index (κ1) is 13.9. The quantitative estimate of drug-likeness (QED) is 0.900. The van der Waals surface area contributed by atoms with E-state index >= 15 is 0 Å². The van der Waals surface area contributed by atoms with E-state index in [4.69, 9.17) is 5.11 Å². The summed E-state index contributed by atoms with van der Waals surface area (Å²) in [6, 6.07) is 7.71. The van der Waals surface area contributed by atoms with Crippen LogP contribution in [-0.4, -0.2) is 49.7 Å². The fourth-order valence-corrected chi connectivity index (χ4v) is 2.42. The summed E-state index contributed by atoms with van der Waals surface area (Å²) in [7, 11) is 3.94. The van der Waals surface area contributed by atoms with Crippen LogP contribution in [-0.2, 0) is 0 Å². The number of piperidine rings is 1. The zero-order chi connectivity index (χ0) is 13.8. The van der Waals surface area contributed by atoms with Crippen LogP contribution in [0.25, 0.3) is 0 Å². The molecule has 0 bridgehead atoms. The zero-order valence-corrected chi connectivity index (χ0v) is 11.7. The Morgan fingerprint density at radius 2 is 2.05 bits per heavy atom. The summed E-state index contributed by atoms with van der Waals surface area (Å²) in [5, 5.41) is 9.12. The third kappa shape index (κ3) is 3.26. The number of rotatable bonds is 3. The highest BCUT2D eigenvalue weighted by molar-refractivity contribution is 5.95. The third-order valence-corrected chi connectivity index (χ3v) is 3.77. The first-order valence-corrected chi connectivity index (χ1v) is 6.79. The lowest BCUT2D eigenvalue weighted by atomic mass is 9.97. The molecule has 1 aromatic carbocycles. The molecule has 1 aromatic rings. The molecule has 0 spiro atoms. The first-order chi connectivity index (χ1) is 9.11. The van der Waals surface area contributed by atoms with E-state index in [1.165, 1.54) is 0 Å². The van der Waals surface area contributed by atoms with Crippen molar-refractivity contribution in [1.82, 2.24) is 4.90 Å². The number of anilines is 1. The normalized spacial score (nSPS) is 16.5. The van der Waals surface area contributed by atoms with Crippen LogP contribution in [0.5, 0.6) is 0 Å². The van der Waals surface area contributed by atoms with Crippen LogP contribution in [0.2, 0.25) is 0 Å². The Labute approximate surface area is 114 Å². The number of carbonyl (C=O) groups excluding carboxylic acids is 1. The number of hydrogen-bond donors (Lipinski definition) is 1. The van der Waals surface area contributed by atoms with Crippen LogP contribution in [0.1, 0.15) is 23.2 Å². The van der Waals surface area contributed by atoms with Crippen molar-refractivity contribution in [2.75, 3.05) is 38.7 Å². The predicted octanol–water partition coefficient (Wildman–Crippen LogP) is 1.60. The molecule has 1 heterocycles. The average Bonchev–Trinajstić information content (AvgIpc) is 2.46.